The monoisotopic (exact) mass is 480 g/mol. The van der Waals surface area contributed by atoms with Gasteiger partial charge in [-0.15, -0.1) is 0 Å². The second-order valence-electron chi connectivity index (χ2n) is 7.45. The molecule has 170 valence electrons. The number of benzene rings is 2. The van der Waals surface area contributed by atoms with Crippen molar-refractivity contribution in [2.24, 2.45) is 0 Å². The fourth-order valence-electron chi connectivity index (χ4n) is 3.65. The van der Waals surface area contributed by atoms with Crippen LogP contribution in [0.1, 0.15) is 5.56 Å². The van der Waals surface area contributed by atoms with Gasteiger partial charge in [0.1, 0.15) is 6.54 Å². The highest BCUT2D eigenvalue weighted by molar-refractivity contribution is 7.99. The van der Waals surface area contributed by atoms with Crippen molar-refractivity contribution >= 4 is 38.7 Å². The number of carbonyl (C=O) groups is 1. The van der Waals surface area contributed by atoms with Crippen molar-refractivity contribution in [1.82, 2.24) is 18.8 Å². The van der Waals surface area contributed by atoms with Crippen molar-refractivity contribution in [3.05, 3.63) is 54.1 Å². The number of amides is 1. The first-order chi connectivity index (χ1) is 15.3. The Bertz CT molecular complexity index is 1220. The third kappa shape index (κ3) is 4.64. The SMILES string of the molecule is Cc1ccc(S(=O)(=O)N2CCN(C(=O)Cn3c(SC(F)F)nc4ccccc43)CC2)cc1. The highest BCUT2D eigenvalue weighted by Crippen LogP contribution is 2.28. The van der Waals surface area contributed by atoms with Gasteiger partial charge in [0.2, 0.25) is 15.9 Å². The Hall–Kier alpha value is -2.50. The number of para-hydroxylation sites is 2. The van der Waals surface area contributed by atoms with Crippen LogP contribution in [-0.2, 0) is 21.4 Å². The number of hydrogen-bond acceptors (Lipinski definition) is 5. The van der Waals surface area contributed by atoms with E-state index < -0.39 is 15.8 Å². The van der Waals surface area contributed by atoms with E-state index in [-0.39, 0.29) is 48.7 Å². The number of carbonyl (C=O) groups excluding carboxylic acids is 1. The van der Waals surface area contributed by atoms with Crippen molar-refractivity contribution in [3.8, 4) is 0 Å². The van der Waals surface area contributed by atoms with Crippen LogP contribution in [0.25, 0.3) is 11.0 Å². The number of nitrogens with zero attached hydrogens (tertiary/aromatic N) is 4. The summed E-state index contributed by atoms with van der Waals surface area (Å²) in [4.78, 5) is 18.9. The van der Waals surface area contributed by atoms with Crippen molar-refractivity contribution in [2.45, 2.75) is 29.3 Å². The predicted molar refractivity (Wildman–Crippen MR) is 118 cm³/mol. The second-order valence-corrected chi connectivity index (χ2v) is 10.3. The van der Waals surface area contributed by atoms with Crippen LogP contribution in [0.3, 0.4) is 0 Å². The fourth-order valence-corrected chi connectivity index (χ4v) is 5.67. The minimum Gasteiger partial charge on any atom is -0.339 e. The quantitative estimate of drug-likeness (QED) is 0.507. The summed E-state index contributed by atoms with van der Waals surface area (Å²) in [6.07, 6.45) is 0. The van der Waals surface area contributed by atoms with E-state index in [9.17, 15) is 22.0 Å². The first kappa shape index (κ1) is 22.7. The maximum absolute atomic E-state index is 13.0. The number of halogens is 2. The molecule has 0 atom stereocenters. The van der Waals surface area contributed by atoms with Crippen LogP contribution in [0.5, 0.6) is 0 Å². The largest absolute Gasteiger partial charge is 0.339 e. The van der Waals surface area contributed by atoms with Gasteiger partial charge in [-0.25, -0.2) is 13.4 Å². The second kappa shape index (κ2) is 9.16. The molecule has 11 heteroatoms. The lowest BCUT2D eigenvalue weighted by Gasteiger charge is -2.34. The van der Waals surface area contributed by atoms with Gasteiger partial charge in [-0.05, 0) is 43.0 Å². The predicted octanol–water partition coefficient (Wildman–Crippen LogP) is 3.19. The van der Waals surface area contributed by atoms with Crippen molar-refractivity contribution in [1.29, 1.82) is 0 Å². The molecule has 0 spiro atoms. The lowest BCUT2D eigenvalue weighted by molar-refractivity contribution is -0.133. The molecule has 1 fully saturated rings. The van der Waals surface area contributed by atoms with Gasteiger partial charge >= 0.3 is 0 Å². The maximum atomic E-state index is 13.0. The highest BCUT2D eigenvalue weighted by Gasteiger charge is 2.30. The third-order valence-corrected chi connectivity index (χ3v) is 7.97. The molecule has 3 aromatic rings. The molecule has 2 heterocycles. The molecule has 4 rings (SSSR count). The van der Waals surface area contributed by atoms with Gasteiger partial charge in [-0.2, -0.15) is 13.1 Å². The number of aromatic nitrogens is 2. The molecule has 1 amide bonds. The van der Waals surface area contributed by atoms with E-state index in [1.54, 1.807) is 53.4 Å². The van der Waals surface area contributed by atoms with E-state index >= 15 is 0 Å². The summed E-state index contributed by atoms with van der Waals surface area (Å²) in [6.45, 7) is 2.55. The molecule has 32 heavy (non-hydrogen) atoms. The van der Waals surface area contributed by atoms with Crippen LogP contribution in [0, 0.1) is 6.92 Å². The van der Waals surface area contributed by atoms with Crippen LogP contribution in [0.2, 0.25) is 0 Å². The Labute approximate surface area is 189 Å². The van der Waals surface area contributed by atoms with Gasteiger partial charge in [0.15, 0.2) is 5.16 Å². The molecule has 7 nitrogen and oxygen atoms in total. The fraction of sp³-hybridized carbons (Fsp3) is 0.333. The first-order valence-electron chi connectivity index (χ1n) is 10.0. The average molecular weight is 481 g/mol. The zero-order valence-corrected chi connectivity index (χ0v) is 19.0. The zero-order valence-electron chi connectivity index (χ0n) is 17.3. The molecule has 0 aliphatic carbocycles. The third-order valence-electron chi connectivity index (χ3n) is 5.36. The molecule has 1 aromatic heterocycles. The summed E-state index contributed by atoms with van der Waals surface area (Å²) in [6, 6.07) is 13.6. The molecule has 0 bridgehead atoms. The first-order valence-corrected chi connectivity index (χ1v) is 12.3. The van der Waals surface area contributed by atoms with E-state index in [0.717, 1.165) is 5.56 Å². The maximum Gasteiger partial charge on any atom is 0.291 e. The highest BCUT2D eigenvalue weighted by atomic mass is 32.2. The summed E-state index contributed by atoms with van der Waals surface area (Å²) < 4.78 is 54.6. The normalized spacial score (nSPS) is 15.6. The number of piperazine rings is 1. The number of alkyl halides is 2. The van der Waals surface area contributed by atoms with Gasteiger partial charge in [0.25, 0.3) is 5.76 Å². The smallest absolute Gasteiger partial charge is 0.291 e. The number of imidazole rings is 1. The molecule has 1 aliphatic rings. The standard InChI is InChI=1S/C21H22F2N4O3S2/c1-15-6-8-16(9-7-15)32(29,30)26-12-10-25(11-13-26)19(28)14-27-18-5-3-2-4-17(18)24-21(27)31-20(22)23/h2-9,20H,10-14H2,1H3. The number of thioether (sulfide) groups is 1. The van der Waals surface area contributed by atoms with Gasteiger partial charge in [0, 0.05) is 26.2 Å². The van der Waals surface area contributed by atoms with Crippen molar-refractivity contribution in [2.75, 3.05) is 26.2 Å². The van der Waals surface area contributed by atoms with Crippen LogP contribution >= 0.6 is 11.8 Å². The molecule has 0 radical (unpaired) electrons. The Kier molecular flexibility index (Phi) is 6.50. The average Bonchev–Trinajstić information content (AvgIpc) is 3.10. The van der Waals surface area contributed by atoms with Crippen molar-refractivity contribution < 1.29 is 22.0 Å². The van der Waals surface area contributed by atoms with Gasteiger partial charge in [-0.3, -0.25) is 4.79 Å². The number of sulfonamides is 1. The Balaban J connectivity index is 1.46. The van der Waals surface area contributed by atoms with Crippen molar-refractivity contribution in [3.63, 3.8) is 0 Å². The lowest BCUT2D eigenvalue weighted by atomic mass is 10.2. The zero-order chi connectivity index (χ0) is 22.9. The number of rotatable bonds is 6. The Morgan fingerprint density at radius 1 is 1.06 bits per heavy atom. The molecule has 2 aromatic carbocycles. The van der Waals surface area contributed by atoms with E-state index in [1.165, 1.54) is 8.87 Å². The van der Waals surface area contributed by atoms with Crippen LogP contribution in [0.15, 0.2) is 58.6 Å². The van der Waals surface area contributed by atoms with Crippen LogP contribution < -0.4 is 0 Å². The molecule has 0 N–H and O–H groups in total. The minimum absolute atomic E-state index is 0.0788. The summed E-state index contributed by atoms with van der Waals surface area (Å²) in [5, 5.41) is 0.0788. The molecule has 1 saturated heterocycles. The molecule has 1 aliphatic heterocycles. The number of aryl methyl sites for hydroxylation is 1. The molecule has 0 unspecified atom stereocenters. The van der Waals surface area contributed by atoms with Gasteiger partial charge in [0.05, 0.1) is 15.9 Å². The molecular formula is C21H22F2N4O3S2. The summed E-state index contributed by atoms with van der Waals surface area (Å²) >= 11 is 0.302. The van der Waals surface area contributed by atoms with E-state index in [4.69, 9.17) is 0 Å². The van der Waals surface area contributed by atoms with Gasteiger partial charge < -0.3 is 9.47 Å². The Morgan fingerprint density at radius 3 is 2.38 bits per heavy atom. The van der Waals surface area contributed by atoms with E-state index in [1.807, 2.05) is 6.92 Å². The summed E-state index contributed by atoms with van der Waals surface area (Å²) in [7, 11) is -3.63. The number of fused-ring (bicyclic) bond motifs is 1. The minimum atomic E-state index is -3.63. The van der Waals surface area contributed by atoms with Gasteiger partial charge in [-0.1, -0.05) is 29.8 Å². The summed E-state index contributed by atoms with van der Waals surface area (Å²) in [5.74, 6) is -2.92. The van der Waals surface area contributed by atoms with Crippen LogP contribution in [-0.4, -0.2) is 65.0 Å². The molecule has 0 saturated carbocycles. The summed E-state index contributed by atoms with van der Waals surface area (Å²) in [5.41, 5.74) is 2.11. The van der Waals surface area contributed by atoms with E-state index in [0.29, 0.717) is 22.8 Å². The lowest BCUT2D eigenvalue weighted by Crippen LogP contribution is -2.51. The Morgan fingerprint density at radius 2 is 1.72 bits per heavy atom. The topological polar surface area (TPSA) is 75.5 Å². The van der Waals surface area contributed by atoms with Crippen LogP contribution in [0.4, 0.5) is 8.78 Å². The van der Waals surface area contributed by atoms with E-state index in [2.05, 4.69) is 4.98 Å². The number of hydrogen-bond donors (Lipinski definition) is 0. The molecular weight excluding hydrogens is 458 g/mol.